The molecule has 0 N–H and O–H groups in total. The Morgan fingerprint density at radius 1 is 0.467 bits per heavy atom. The number of halogens is 3. The van der Waals surface area contributed by atoms with E-state index in [-0.39, 0.29) is 22.4 Å². The summed E-state index contributed by atoms with van der Waals surface area (Å²) in [5.41, 5.74) is 0. The molecule has 0 bridgehead atoms. The van der Waals surface area contributed by atoms with E-state index in [2.05, 4.69) is 0 Å². The zero-order valence-corrected chi connectivity index (χ0v) is 13.3. The van der Waals surface area contributed by atoms with Gasteiger partial charge < -0.3 is 0 Å². The van der Waals surface area contributed by atoms with Crippen molar-refractivity contribution >= 4 is 40.0 Å². The maximum Gasteiger partial charge on any atom is 2.00 e. The Hall–Kier alpha value is 1.83. The van der Waals surface area contributed by atoms with E-state index in [0.717, 1.165) is 0 Å². The van der Waals surface area contributed by atoms with Crippen molar-refractivity contribution in [3.8, 4) is 0 Å². The summed E-state index contributed by atoms with van der Waals surface area (Å²) in [6, 6.07) is 0. The van der Waals surface area contributed by atoms with Gasteiger partial charge in [0.1, 0.15) is 0 Å². The molecule has 78 valence electrons. The zero-order chi connectivity index (χ0) is 10.6. The molecular formula is C10H10Cl3NbSi+2. The quantitative estimate of drug-likeness (QED) is 0.458. The van der Waals surface area contributed by atoms with E-state index in [1.807, 2.05) is 64.2 Å². The van der Waals surface area contributed by atoms with Crippen molar-refractivity contribution in [2.45, 2.75) is 0 Å². The van der Waals surface area contributed by atoms with Gasteiger partial charge in [-0.15, -0.1) is 33.2 Å². The second-order valence-electron chi connectivity index (χ2n) is 2.14. The van der Waals surface area contributed by atoms with Crippen LogP contribution in [0, 0.1) is 64.2 Å². The van der Waals surface area contributed by atoms with E-state index in [1.54, 1.807) is 0 Å². The molecule has 0 nitrogen and oxygen atoms in total. The minimum Gasteiger partial charge on any atom is -0.125 e. The Labute approximate surface area is 126 Å². The molecule has 0 atom stereocenters. The SMILES string of the molecule is Cl[Si](Cl)Cl.[CH]1[CH][CH][CH][CH]1.[CH]1[CH][CH][CH][CH]1.[Nb+2]. The predicted molar refractivity (Wildman–Crippen MR) is 66.3 cm³/mol. The van der Waals surface area contributed by atoms with Crippen LogP contribution in [0.25, 0.3) is 0 Å². The summed E-state index contributed by atoms with van der Waals surface area (Å²) in [7, 11) is 0. The molecule has 2 saturated carbocycles. The summed E-state index contributed by atoms with van der Waals surface area (Å²) in [4.78, 5) is 0. The third kappa shape index (κ3) is 21.6. The van der Waals surface area contributed by atoms with Gasteiger partial charge in [0.25, 0.3) is 0 Å². The Kier molecular flexibility index (Phi) is 20.2. The van der Waals surface area contributed by atoms with Gasteiger partial charge in [0, 0.05) is 0 Å². The molecule has 15 heavy (non-hydrogen) atoms. The van der Waals surface area contributed by atoms with Crippen molar-refractivity contribution in [2.75, 3.05) is 0 Å². The van der Waals surface area contributed by atoms with Gasteiger partial charge in [-0.1, -0.05) is 0 Å². The third-order valence-corrected chi connectivity index (χ3v) is 1.11. The molecule has 0 heterocycles. The minimum absolute atomic E-state index is 0. The summed E-state index contributed by atoms with van der Waals surface area (Å²) in [5.74, 6) is 0. The number of rotatable bonds is 0. The van der Waals surface area contributed by atoms with Crippen LogP contribution in [0.2, 0.25) is 0 Å². The maximum atomic E-state index is 4.91. The summed E-state index contributed by atoms with van der Waals surface area (Å²) < 4.78 is 0. The van der Waals surface area contributed by atoms with Gasteiger partial charge in [-0.25, -0.2) is 0 Å². The summed E-state index contributed by atoms with van der Waals surface area (Å²) in [6.45, 7) is -1.46. The van der Waals surface area contributed by atoms with Crippen molar-refractivity contribution in [2.24, 2.45) is 0 Å². The van der Waals surface area contributed by atoms with Gasteiger partial charge in [-0.05, 0) is 64.2 Å². The van der Waals surface area contributed by atoms with Gasteiger partial charge in [0.15, 0.2) is 0 Å². The topological polar surface area (TPSA) is 0 Å². The van der Waals surface area contributed by atoms with Crippen molar-refractivity contribution < 1.29 is 22.4 Å². The van der Waals surface area contributed by atoms with Crippen LogP contribution in [0.1, 0.15) is 0 Å². The van der Waals surface area contributed by atoms with Crippen LogP contribution >= 0.6 is 33.2 Å². The zero-order valence-electron chi connectivity index (χ0n) is 7.85. The van der Waals surface area contributed by atoms with Gasteiger partial charge >= 0.3 is 29.1 Å². The first-order valence-corrected chi connectivity index (χ1v) is 8.44. The summed E-state index contributed by atoms with van der Waals surface area (Å²) in [6.07, 6.45) is 20.0. The van der Waals surface area contributed by atoms with E-state index in [4.69, 9.17) is 33.2 Å². The third-order valence-electron chi connectivity index (χ3n) is 1.11. The molecule has 0 aliphatic heterocycles. The molecule has 0 amide bonds. The van der Waals surface area contributed by atoms with Crippen LogP contribution in [0.15, 0.2) is 0 Å². The van der Waals surface area contributed by atoms with Gasteiger partial charge in [0.2, 0.25) is 0 Å². The molecule has 0 aromatic rings. The summed E-state index contributed by atoms with van der Waals surface area (Å²) >= 11 is 14.7. The van der Waals surface area contributed by atoms with E-state index in [0.29, 0.717) is 0 Å². The molecule has 2 rings (SSSR count). The van der Waals surface area contributed by atoms with E-state index in [9.17, 15) is 0 Å². The second-order valence-corrected chi connectivity index (χ2v) is 7.71. The van der Waals surface area contributed by atoms with Gasteiger partial charge in [0.05, 0.1) is 0 Å². The average molecular weight is 358 g/mol. The fraction of sp³-hybridized carbons (Fsp3) is 0. The molecule has 2 fully saturated rings. The molecule has 0 saturated heterocycles. The Morgan fingerprint density at radius 3 is 0.600 bits per heavy atom. The fourth-order valence-electron chi connectivity index (χ4n) is 0.642. The number of hydrogen-bond acceptors (Lipinski definition) is 0. The van der Waals surface area contributed by atoms with Crippen LogP contribution in [0.4, 0.5) is 0 Å². The van der Waals surface area contributed by atoms with Crippen molar-refractivity contribution in [3.63, 3.8) is 0 Å². The van der Waals surface area contributed by atoms with Crippen molar-refractivity contribution in [1.82, 2.24) is 0 Å². The van der Waals surface area contributed by atoms with Crippen LogP contribution in [-0.2, 0) is 22.4 Å². The van der Waals surface area contributed by atoms with Crippen LogP contribution in [0.5, 0.6) is 0 Å². The van der Waals surface area contributed by atoms with Crippen LogP contribution < -0.4 is 0 Å². The molecular weight excluding hydrogens is 347 g/mol. The van der Waals surface area contributed by atoms with Gasteiger partial charge in [-0.2, -0.15) is 0 Å². The normalized spacial score (nSPS) is 18.4. The monoisotopic (exact) mass is 356 g/mol. The first-order valence-electron chi connectivity index (χ1n) is 3.90. The minimum atomic E-state index is -1.46. The van der Waals surface area contributed by atoms with E-state index >= 15 is 0 Å². The fourth-order valence-corrected chi connectivity index (χ4v) is 0.642. The maximum absolute atomic E-state index is 4.91. The first kappa shape index (κ1) is 19.2. The van der Waals surface area contributed by atoms with Gasteiger partial charge in [-0.3, -0.25) is 0 Å². The Bertz CT molecular complexity index is 78.9. The van der Waals surface area contributed by atoms with Crippen LogP contribution in [-0.4, -0.2) is 6.73 Å². The number of hydrogen-bond donors (Lipinski definition) is 0. The molecule has 2 aliphatic carbocycles. The second kappa shape index (κ2) is 15.8. The van der Waals surface area contributed by atoms with Crippen LogP contribution in [0.3, 0.4) is 0 Å². The average Bonchev–Trinajstić information content (AvgIpc) is 2.83. The van der Waals surface area contributed by atoms with E-state index in [1.165, 1.54) is 0 Å². The van der Waals surface area contributed by atoms with Crippen molar-refractivity contribution in [3.05, 3.63) is 64.2 Å². The smallest absolute Gasteiger partial charge is 0.125 e. The summed E-state index contributed by atoms with van der Waals surface area (Å²) in [5, 5.41) is 0. The molecule has 0 aromatic carbocycles. The Morgan fingerprint density at radius 2 is 0.533 bits per heavy atom. The molecule has 0 spiro atoms. The first-order chi connectivity index (χ1) is 6.73. The van der Waals surface area contributed by atoms with Crippen molar-refractivity contribution in [1.29, 1.82) is 0 Å². The largest absolute Gasteiger partial charge is 2.00 e. The predicted octanol–water partition coefficient (Wildman–Crippen LogP) is 3.73. The van der Waals surface area contributed by atoms with E-state index < -0.39 is 6.73 Å². The molecule has 12 radical (unpaired) electrons. The molecule has 0 aromatic heterocycles. The Balaban J connectivity index is 0. The molecule has 2 aliphatic rings. The molecule has 5 heteroatoms. The standard InChI is InChI=1S/2C5H5.Cl3Si.Nb/c2*1-2-4-5-3-1;1-4(2)3;/h2*1-5H;;/q;;;+2. The molecule has 0 unspecified atom stereocenters.